The van der Waals surface area contributed by atoms with E-state index in [1.165, 1.54) is 0 Å². The summed E-state index contributed by atoms with van der Waals surface area (Å²) in [6.07, 6.45) is 1.60. The van der Waals surface area contributed by atoms with Crippen molar-refractivity contribution in [2.24, 2.45) is 0 Å². The Hall–Kier alpha value is -1.53. The fourth-order valence-electron chi connectivity index (χ4n) is 2.32. The number of amides is 1. The molecule has 0 aromatic heterocycles. The molecule has 1 heterocycles. The zero-order valence-electron chi connectivity index (χ0n) is 13.5. The molecule has 5 nitrogen and oxygen atoms in total. The molecular weight excluding hydrogens is 314 g/mol. The van der Waals surface area contributed by atoms with Crippen molar-refractivity contribution in [2.45, 2.75) is 43.8 Å². The summed E-state index contributed by atoms with van der Waals surface area (Å²) in [7, 11) is 0. The van der Waals surface area contributed by atoms with Crippen molar-refractivity contribution in [3.63, 3.8) is 0 Å². The average molecular weight is 337 g/mol. The Kier molecular flexibility index (Phi) is 6.92. The topological polar surface area (TPSA) is 64.6 Å². The largest absolute Gasteiger partial charge is 0.449 e. The monoisotopic (exact) mass is 337 g/mol. The highest BCUT2D eigenvalue weighted by atomic mass is 32.2. The van der Waals surface area contributed by atoms with Gasteiger partial charge in [-0.25, -0.2) is 4.79 Å². The number of thioether (sulfide) groups is 1. The molecule has 6 heteroatoms. The zero-order chi connectivity index (χ0) is 16.7. The van der Waals surface area contributed by atoms with Gasteiger partial charge in [-0.05, 0) is 38.8 Å². The van der Waals surface area contributed by atoms with Crippen LogP contribution in [0.5, 0.6) is 0 Å². The molecule has 1 fully saturated rings. The predicted octanol–water partition coefficient (Wildman–Crippen LogP) is 2.64. The maximum atomic E-state index is 12.3. The molecule has 0 spiro atoms. The summed E-state index contributed by atoms with van der Waals surface area (Å²) >= 11 is 1.59. The van der Waals surface area contributed by atoms with Crippen LogP contribution in [0.2, 0.25) is 0 Å². The summed E-state index contributed by atoms with van der Waals surface area (Å²) in [5, 5.41) is 2.64. The van der Waals surface area contributed by atoms with E-state index in [9.17, 15) is 9.59 Å². The minimum atomic E-state index is -0.807. The van der Waals surface area contributed by atoms with E-state index in [4.69, 9.17) is 9.47 Å². The Morgan fingerprint density at radius 2 is 2.22 bits per heavy atom. The minimum absolute atomic E-state index is 0.248. The van der Waals surface area contributed by atoms with Gasteiger partial charge in [-0.3, -0.25) is 4.79 Å². The van der Waals surface area contributed by atoms with Crippen molar-refractivity contribution in [1.29, 1.82) is 0 Å². The van der Waals surface area contributed by atoms with E-state index < -0.39 is 12.1 Å². The van der Waals surface area contributed by atoms with E-state index in [0.717, 1.165) is 30.1 Å². The third-order valence-corrected chi connectivity index (χ3v) is 4.77. The lowest BCUT2D eigenvalue weighted by Crippen LogP contribution is -2.35. The molecule has 1 aliphatic heterocycles. The molecule has 0 aliphatic carbocycles. The normalized spacial score (nSPS) is 18.4. The van der Waals surface area contributed by atoms with Gasteiger partial charge in [0.05, 0.1) is 11.7 Å². The molecule has 2 atom stereocenters. The SMILES string of the molecule is CCNC(=O)[C@@H](C)OC(=O)c1ccccc1SC[C@H]1CCCO1. The Labute approximate surface area is 141 Å². The third-order valence-electron chi connectivity index (χ3n) is 3.56. The Morgan fingerprint density at radius 1 is 1.43 bits per heavy atom. The number of rotatable bonds is 7. The van der Waals surface area contributed by atoms with Crippen molar-refractivity contribution in [2.75, 3.05) is 18.9 Å². The van der Waals surface area contributed by atoms with Gasteiger partial charge in [0.15, 0.2) is 6.10 Å². The Bertz CT molecular complexity index is 543. The molecule has 1 aromatic rings. The minimum Gasteiger partial charge on any atom is -0.449 e. The molecule has 0 unspecified atom stereocenters. The molecule has 0 bridgehead atoms. The van der Waals surface area contributed by atoms with Crippen molar-refractivity contribution in [1.82, 2.24) is 5.32 Å². The van der Waals surface area contributed by atoms with Crippen molar-refractivity contribution < 1.29 is 19.1 Å². The smallest absolute Gasteiger partial charge is 0.340 e. The summed E-state index contributed by atoms with van der Waals surface area (Å²) in [6, 6.07) is 7.31. The number of hydrogen-bond donors (Lipinski definition) is 1. The van der Waals surface area contributed by atoms with Gasteiger partial charge in [0.1, 0.15) is 0 Å². The van der Waals surface area contributed by atoms with E-state index in [2.05, 4.69) is 5.32 Å². The van der Waals surface area contributed by atoms with E-state index in [1.807, 2.05) is 19.1 Å². The molecule has 1 N–H and O–H groups in total. The van der Waals surface area contributed by atoms with E-state index >= 15 is 0 Å². The summed E-state index contributed by atoms with van der Waals surface area (Å²) < 4.78 is 10.9. The van der Waals surface area contributed by atoms with Gasteiger partial charge >= 0.3 is 5.97 Å². The maximum Gasteiger partial charge on any atom is 0.340 e. The number of nitrogens with one attached hydrogen (secondary N) is 1. The zero-order valence-corrected chi connectivity index (χ0v) is 14.4. The van der Waals surface area contributed by atoms with Gasteiger partial charge < -0.3 is 14.8 Å². The molecule has 23 heavy (non-hydrogen) atoms. The van der Waals surface area contributed by atoms with Crippen molar-refractivity contribution >= 4 is 23.6 Å². The highest BCUT2D eigenvalue weighted by Crippen LogP contribution is 2.27. The fraction of sp³-hybridized carbons (Fsp3) is 0.529. The van der Waals surface area contributed by atoms with Crippen molar-refractivity contribution in [3.05, 3.63) is 29.8 Å². The number of hydrogen-bond acceptors (Lipinski definition) is 5. The van der Waals surface area contributed by atoms with Crippen LogP contribution in [0, 0.1) is 0 Å². The van der Waals surface area contributed by atoms with E-state index in [-0.39, 0.29) is 12.0 Å². The summed E-state index contributed by atoms with van der Waals surface area (Å²) in [5.74, 6) is 0.0560. The van der Waals surface area contributed by atoms with Crippen molar-refractivity contribution in [3.8, 4) is 0 Å². The number of carbonyl (C=O) groups excluding carboxylic acids is 2. The molecule has 126 valence electrons. The molecule has 1 saturated heterocycles. The predicted molar refractivity (Wildman–Crippen MR) is 89.7 cm³/mol. The van der Waals surface area contributed by atoms with Crippen LogP contribution in [0.25, 0.3) is 0 Å². The number of esters is 1. The summed E-state index contributed by atoms with van der Waals surface area (Å²) in [5.41, 5.74) is 0.492. The molecule has 1 aliphatic rings. The number of benzene rings is 1. The lowest BCUT2D eigenvalue weighted by molar-refractivity contribution is -0.128. The van der Waals surface area contributed by atoms with Crippen LogP contribution < -0.4 is 5.32 Å². The van der Waals surface area contributed by atoms with Crippen LogP contribution in [0.4, 0.5) is 0 Å². The van der Waals surface area contributed by atoms with Gasteiger partial charge in [0, 0.05) is 23.8 Å². The molecule has 2 rings (SSSR count). The van der Waals surface area contributed by atoms with Crippen LogP contribution in [0.15, 0.2) is 29.2 Å². The first-order chi connectivity index (χ1) is 11.1. The molecule has 0 saturated carbocycles. The summed E-state index contributed by atoms with van der Waals surface area (Å²) in [4.78, 5) is 24.9. The lowest BCUT2D eigenvalue weighted by atomic mass is 10.2. The lowest BCUT2D eigenvalue weighted by Gasteiger charge is -2.15. The standard InChI is InChI=1S/C17H23NO4S/c1-3-18-16(19)12(2)22-17(20)14-8-4-5-9-15(14)23-11-13-7-6-10-21-13/h4-5,8-9,12-13H,3,6-7,10-11H2,1-2H3,(H,18,19)/t12-,13-/m1/s1. The van der Waals surface area contributed by atoms with Gasteiger partial charge in [-0.1, -0.05) is 12.1 Å². The molecule has 1 aromatic carbocycles. The Morgan fingerprint density at radius 3 is 2.91 bits per heavy atom. The molecule has 1 amide bonds. The highest BCUT2D eigenvalue weighted by Gasteiger charge is 2.21. The van der Waals surface area contributed by atoms with Gasteiger partial charge in [0.25, 0.3) is 5.91 Å². The number of ether oxygens (including phenoxy) is 2. The van der Waals surface area contributed by atoms with E-state index in [0.29, 0.717) is 12.1 Å². The second kappa shape index (κ2) is 8.93. The quantitative estimate of drug-likeness (QED) is 0.612. The first kappa shape index (κ1) is 17.8. The highest BCUT2D eigenvalue weighted by molar-refractivity contribution is 7.99. The van der Waals surface area contributed by atoms with Gasteiger partial charge in [-0.2, -0.15) is 0 Å². The molecule has 0 radical (unpaired) electrons. The third kappa shape index (κ3) is 5.25. The first-order valence-electron chi connectivity index (χ1n) is 7.94. The maximum absolute atomic E-state index is 12.3. The van der Waals surface area contributed by atoms with Gasteiger partial charge in [-0.15, -0.1) is 11.8 Å². The fourth-order valence-corrected chi connectivity index (χ4v) is 3.43. The second-order valence-corrected chi connectivity index (χ2v) is 6.45. The molecular formula is C17H23NO4S. The van der Waals surface area contributed by atoms with Crippen LogP contribution in [-0.4, -0.2) is 43.0 Å². The van der Waals surface area contributed by atoms with Crippen LogP contribution >= 0.6 is 11.8 Å². The Balaban J connectivity index is 1.97. The van der Waals surface area contributed by atoms with Crippen LogP contribution in [0.1, 0.15) is 37.0 Å². The second-order valence-electron chi connectivity index (χ2n) is 5.38. The van der Waals surface area contributed by atoms with Crippen LogP contribution in [0.3, 0.4) is 0 Å². The van der Waals surface area contributed by atoms with E-state index in [1.54, 1.807) is 30.8 Å². The number of likely N-dealkylation sites (N-methyl/N-ethyl adjacent to an activating group) is 1. The van der Waals surface area contributed by atoms with Gasteiger partial charge in [0.2, 0.25) is 0 Å². The first-order valence-corrected chi connectivity index (χ1v) is 8.92. The average Bonchev–Trinajstić information content (AvgIpc) is 3.06. The summed E-state index contributed by atoms with van der Waals surface area (Å²) in [6.45, 7) is 4.72. The van der Waals surface area contributed by atoms with Crippen LogP contribution in [-0.2, 0) is 14.3 Å². The number of carbonyl (C=O) groups is 2.